The number of halogens is 1. The fourth-order valence-corrected chi connectivity index (χ4v) is 4.28. The molecule has 0 N–H and O–H groups in total. The molecule has 2 aromatic rings. The van der Waals surface area contributed by atoms with Gasteiger partial charge in [0.15, 0.2) is 4.80 Å². The topological polar surface area (TPSA) is 52.8 Å². The van der Waals surface area contributed by atoms with Crippen molar-refractivity contribution in [1.82, 2.24) is 4.57 Å². The average Bonchev–Trinajstić information content (AvgIpc) is 3.27. The van der Waals surface area contributed by atoms with E-state index in [-0.39, 0.29) is 17.4 Å². The summed E-state index contributed by atoms with van der Waals surface area (Å²) in [5.74, 6) is 0.147. The van der Waals surface area contributed by atoms with E-state index in [1.165, 1.54) is 4.88 Å². The van der Waals surface area contributed by atoms with E-state index >= 15 is 0 Å². The van der Waals surface area contributed by atoms with Crippen molar-refractivity contribution < 1.29 is 14.3 Å². The highest BCUT2D eigenvalue weighted by Gasteiger charge is 2.22. The van der Waals surface area contributed by atoms with Gasteiger partial charge in [-0.3, -0.25) is 4.79 Å². The molecule has 1 aliphatic rings. The van der Waals surface area contributed by atoms with E-state index in [4.69, 9.17) is 21.1 Å². The summed E-state index contributed by atoms with van der Waals surface area (Å²) >= 11 is 7.65. The monoisotopic (exact) mass is 422 g/mol. The Hall–Kier alpha value is -1.63. The molecule has 0 bridgehead atoms. The van der Waals surface area contributed by atoms with E-state index in [9.17, 15) is 4.79 Å². The zero-order valence-electron chi connectivity index (χ0n) is 16.8. The van der Waals surface area contributed by atoms with Gasteiger partial charge in [0.25, 0.3) is 5.91 Å². The van der Waals surface area contributed by atoms with Crippen molar-refractivity contribution in [3.8, 4) is 5.75 Å². The Morgan fingerprint density at radius 1 is 1.43 bits per heavy atom. The van der Waals surface area contributed by atoms with Gasteiger partial charge in [0.05, 0.1) is 24.8 Å². The number of thiazole rings is 1. The van der Waals surface area contributed by atoms with Gasteiger partial charge in [0, 0.05) is 22.7 Å². The Balaban J connectivity index is 2.01. The van der Waals surface area contributed by atoms with Crippen molar-refractivity contribution in [1.29, 1.82) is 0 Å². The molecule has 5 nitrogen and oxygen atoms in total. The second-order valence-corrected chi connectivity index (χ2v) is 9.35. The maximum Gasteiger partial charge on any atom is 0.283 e. The normalized spacial score (nSPS) is 17.9. The summed E-state index contributed by atoms with van der Waals surface area (Å²) < 4.78 is 13.4. The summed E-state index contributed by atoms with van der Waals surface area (Å²) in [7, 11) is 0. The molecule has 28 heavy (non-hydrogen) atoms. The molecule has 7 heteroatoms. The molecule has 0 radical (unpaired) electrons. The second-order valence-electron chi connectivity index (χ2n) is 7.91. The first kappa shape index (κ1) is 21.1. The molecule has 0 saturated carbocycles. The lowest BCUT2D eigenvalue weighted by atomic mass is 9.95. The number of amides is 1. The molecular weight excluding hydrogens is 396 g/mol. The lowest BCUT2D eigenvalue weighted by Gasteiger charge is -2.15. The number of hydrogen-bond donors (Lipinski definition) is 0. The lowest BCUT2D eigenvalue weighted by Crippen LogP contribution is -2.23. The molecule has 1 amide bonds. The molecule has 3 rings (SSSR count). The molecule has 1 atom stereocenters. The molecule has 1 aliphatic heterocycles. The summed E-state index contributed by atoms with van der Waals surface area (Å²) in [6.45, 7) is 10.3. The Morgan fingerprint density at radius 3 is 2.86 bits per heavy atom. The number of aromatic nitrogens is 1. The molecule has 1 fully saturated rings. The highest BCUT2D eigenvalue weighted by Crippen LogP contribution is 2.26. The van der Waals surface area contributed by atoms with Gasteiger partial charge in [-0.25, -0.2) is 0 Å². The van der Waals surface area contributed by atoms with Crippen LogP contribution in [-0.4, -0.2) is 29.8 Å². The highest BCUT2D eigenvalue weighted by molar-refractivity contribution is 7.09. The number of hydrogen-bond acceptors (Lipinski definition) is 4. The third kappa shape index (κ3) is 5.04. The first-order valence-electron chi connectivity index (χ1n) is 9.61. The third-order valence-electron chi connectivity index (χ3n) is 4.55. The van der Waals surface area contributed by atoms with E-state index in [0.717, 1.165) is 19.4 Å². The predicted molar refractivity (Wildman–Crippen MR) is 112 cm³/mol. The Labute approximate surface area is 175 Å². The molecule has 152 valence electrons. The first-order chi connectivity index (χ1) is 13.3. The summed E-state index contributed by atoms with van der Waals surface area (Å²) in [4.78, 5) is 19.3. The Morgan fingerprint density at radius 2 is 2.21 bits per heavy atom. The third-order valence-corrected chi connectivity index (χ3v) is 6.23. The minimum Gasteiger partial charge on any atom is -0.493 e. The molecule has 1 saturated heterocycles. The zero-order valence-corrected chi connectivity index (χ0v) is 18.4. The van der Waals surface area contributed by atoms with Crippen molar-refractivity contribution >= 4 is 28.8 Å². The number of carbonyl (C=O) groups is 1. The standard InChI is InChI=1S/C21H27ClN2O3S/c1-5-26-17-9-8-14(22)11-16(17)19(25)23-20-24(12-15-7-6-10-27-15)13-18(28-20)21(2,3)4/h8-9,11,13,15H,5-7,10,12H2,1-4H3/b23-20-/t15-/m1/s1. The van der Waals surface area contributed by atoms with E-state index in [2.05, 4.69) is 32.0 Å². The quantitative estimate of drug-likeness (QED) is 0.694. The lowest BCUT2D eigenvalue weighted by molar-refractivity contribution is 0.0948. The highest BCUT2D eigenvalue weighted by atomic mass is 35.5. The van der Waals surface area contributed by atoms with E-state index in [1.807, 2.05) is 11.5 Å². The number of ether oxygens (including phenoxy) is 2. The van der Waals surface area contributed by atoms with Crippen molar-refractivity contribution in [2.75, 3.05) is 13.2 Å². The molecule has 1 aromatic carbocycles. The van der Waals surface area contributed by atoms with Gasteiger partial charge in [-0.15, -0.1) is 11.3 Å². The van der Waals surface area contributed by atoms with E-state index in [1.54, 1.807) is 29.5 Å². The SMILES string of the molecule is CCOc1ccc(Cl)cc1C(=O)/N=c1\sc(C(C)(C)C)cn1C[C@H]1CCCO1. The number of rotatable bonds is 5. The fourth-order valence-electron chi connectivity index (χ4n) is 3.05. The minimum atomic E-state index is -0.352. The van der Waals surface area contributed by atoms with Crippen LogP contribution in [0.5, 0.6) is 5.75 Å². The van der Waals surface area contributed by atoms with Crippen LogP contribution in [0.1, 0.15) is 55.8 Å². The van der Waals surface area contributed by atoms with Crippen molar-refractivity contribution in [2.45, 2.75) is 58.6 Å². The van der Waals surface area contributed by atoms with Gasteiger partial charge in [-0.1, -0.05) is 32.4 Å². The van der Waals surface area contributed by atoms with Crippen LogP contribution in [0.2, 0.25) is 5.02 Å². The van der Waals surface area contributed by atoms with E-state index in [0.29, 0.717) is 34.3 Å². The maximum absolute atomic E-state index is 13.0. The van der Waals surface area contributed by atoms with Crippen LogP contribution in [-0.2, 0) is 16.7 Å². The Kier molecular flexibility index (Phi) is 6.63. The number of nitrogens with zero attached hydrogens (tertiary/aromatic N) is 2. The van der Waals surface area contributed by atoms with Crippen LogP contribution in [0.4, 0.5) is 0 Å². The number of carbonyl (C=O) groups excluding carboxylic acids is 1. The van der Waals surface area contributed by atoms with Gasteiger partial charge in [-0.2, -0.15) is 4.99 Å². The summed E-state index contributed by atoms with van der Waals surface area (Å²) in [5, 5.41) is 0.482. The summed E-state index contributed by atoms with van der Waals surface area (Å²) in [6.07, 6.45) is 4.37. The largest absolute Gasteiger partial charge is 0.493 e. The van der Waals surface area contributed by atoms with Gasteiger partial charge >= 0.3 is 0 Å². The maximum atomic E-state index is 13.0. The van der Waals surface area contributed by atoms with Gasteiger partial charge in [0.1, 0.15) is 5.75 Å². The van der Waals surface area contributed by atoms with Crippen LogP contribution < -0.4 is 9.54 Å². The van der Waals surface area contributed by atoms with Crippen molar-refractivity contribution in [2.24, 2.45) is 4.99 Å². The van der Waals surface area contributed by atoms with Crippen LogP contribution in [0.25, 0.3) is 0 Å². The molecule has 0 spiro atoms. The van der Waals surface area contributed by atoms with Crippen molar-refractivity contribution in [3.63, 3.8) is 0 Å². The Bertz CT molecular complexity index is 905. The van der Waals surface area contributed by atoms with Crippen LogP contribution in [0, 0.1) is 0 Å². The molecular formula is C21H27ClN2O3S. The molecule has 1 aromatic heterocycles. The smallest absolute Gasteiger partial charge is 0.283 e. The van der Waals surface area contributed by atoms with Gasteiger partial charge in [-0.05, 0) is 43.4 Å². The second kappa shape index (κ2) is 8.80. The summed E-state index contributed by atoms with van der Waals surface area (Å²) in [6, 6.07) is 5.04. The fraction of sp³-hybridized carbons (Fsp3) is 0.524. The van der Waals surface area contributed by atoms with E-state index < -0.39 is 0 Å². The summed E-state index contributed by atoms with van der Waals surface area (Å²) in [5.41, 5.74) is 0.357. The van der Waals surface area contributed by atoms with Crippen molar-refractivity contribution in [3.05, 3.63) is 44.7 Å². The molecule has 0 unspecified atom stereocenters. The zero-order chi connectivity index (χ0) is 20.3. The van der Waals surface area contributed by atoms with Crippen LogP contribution in [0.15, 0.2) is 29.4 Å². The molecule has 2 heterocycles. The average molecular weight is 423 g/mol. The van der Waals surface area contributed by atoms with Crippen LogP contribution >= 0.6 is 22.9 Å². The van der Waals surface area contributed by atoms with Crippen LogP contribution in [0.3, 0.4) is 0 Å². The van der Waals surface area contributed by atoms with Gasteiger partial charge < -0.3 is 14.0 Å². The molecule has 0 aliphatic carbocycles. The number of benzene rings is 1. The van der Waals surface area contributed by atoms with Gasteiger partial charge in [0.2, 0.25) is 0 Å². The minimum absolute atomic E-state index is 0.0215. The first-order valence-corrected chi connectivity index (χ1v) is 10.8. The predicted octanol–water partition coefficient (Wildman–Crippen LogP) is 4.82.